The van der Waals surface area contributed by atoms with Crippen LogP contribution in [0.15, 0.2) is 12.1 Å². The van der Waals surface area contributed by atoms with Gasteiger partial charge in [-0.2, -0.15) is 0 Å². The summed E-state index contributed by atoms with van der Waals surface area (Å²) >= 11 is 6.12. The molecule has 0 radical (unpaired) electrons. The Kier molecular flexibility index (Phi) is 6.50. The van der Waals surface area contributed by atoms with Crippen LogP contribution in [0.1, 0.15) is 39.4 Å². The molecule has 0 fully saturated rings. The second kappa shape index (κ2) is 7.47. The highest BCUT2D eigenvalue weighted by Gasteiger charge is 2.39. The van der Waals surface area contributed by atoms with Crippen molar-refractivity contribution in [3.63, 3.8) is 0 Å². The Morgan fingerprint density at radius 2 is 2.05 bits per heavy atom. The quantitative estimate of drug-likeness (QED) is 0.728. The van der Waals surface area contributed by atoms with Crippen molar-refractivity contribution in [1.29, 1.82) is 0 Å². The lowest BCUT2D eigenvalue weighted by Crippen LogP contribution is -2.33. The normalized spacial score (nSPS) is 17.1. The van der Waals surface area contributed by atoms with Crippen LogP contribution in [0.5, 0.6) is 5.75 Å². The van der Waals surface area contributed by atoms with Crippen LogP contribution >= 0.6 is 11.6 Å². The third kappa shape index (κ3) is 4.34. The molecule has 0 saturated carbocycles. The maximum absolute atomic E-state index is 9.94. The van der Waals surface area contributed by atoms with Gasteiger partial charge in [-0.1, -0.05) is 25.4 Å². The molecule has 0 aliphatic carbocycles. The molecule has 2 rings (SSSR count). The number of hydrogen-bond donors (Lipinski definition) is 3. The summed E-state index contributed by atoms with van der Waals surface area (Å²) in [6.07, 6.45) is -0.441. The van der Waals surface area contributed by atoms with Crippen molar-refractivity contribution in [2.45, 2.75) is 39.4 Å². The van der Waals surface area contributed by atoms with Crippen LogP contribution in [0, 0.1) is 0 Å². The van der Waals surface area contributed by atoms with E-state index in [-0.39, 0.29) is 13.2 Å². The van der Waals surface area contributed by atoms with Gasteiger partial charge in [0.15, 0.2) is 0 Å². The van der Waals surface area contributed by atoms with Gasteiger partial charge < -0.3 is 25.3 Å². The Labute approximate surface area is 131 Å². The van der Waals surface area contributed by atoms with Crippen molar-refractivity contribution in [3.05, 3.63) is 22.7 Å². The SMILES string of the molecule is CC.CC(C)(O)COc1ccc(Cl)c2c1B(O)O[C@@H]2CN. The van der Waals surface area contributed by atoms with Gasteiger partial charge in [-0.3, -0.25) is 0 Å². The fraction of sp³-hybridized carbons (Fsp3) is 0.571. The summed E-state index contributed by atoms with van der Waals surface area (Å²) in [6.45, 7) is 7.59. The molecular formula is C14H23BClNO4. The van der Waals surface area contributed by atoms with E-state index >= 15 is 0 Å². The fourth-order valence-corrected chi connectivity index (χ4v) is 2.30. The van der Waals surface area contributed by atoms with Gasteiger partial charge in [0.05, 0.1) is 11.7 Å². The zero-order valence-corrected chi connectivity index (χ0v) is 13.6. The molecule has 1 atom stereocenters. The molecule has 1 aromatic rings. The van der Waals surface area contributed by atoms with Crippen LogP contribution in [0.4, 0.5) is 0 Å². The predicted molar refractivity (Wildman–Crippen MR) is 85.1 cm³/mol. The molecule has 0 saturated heterocycles. The minimum absolute atomic E-state index is 0.0983. The van der Waals surface area contributed by atoms with E-state index in [4.69, 9.17) is 26.7 Å². The summed E-state index contributed by atoms with van der Waals surface area (Å²) in [7, 11) is -1.11. The topological polar surface area (TPSA) is 84.9 Å². The van der Waals surface area contributed by atoms with Gasteiger partial charge in [-0.25, -0.2) is 0 Å². The van der Waals surface area contributed by atoms with E-state index in [1.165, 1.54) is 0 Å². The third-order valence-electron chi connectivity index (χ3n) is 2.85. The van der Waals surface area contributed by atoms with Crippen molar-refractivity contribution in [2.24, 2.45) is 5.73 Å². The van der Waals surface area contributed by atoms with Gasteiger partial charge in [0.1, 0.15) is 12.4 Å². The van der Waals surface area contributed by atoms with Gasteiger partial charge >= 0.3 is 7.12 Å². The predicted octanol–water partition coefficient (Wildman–Crippen LogP) is 1.23. The molecule has 5 nitrogen and oxygen atoms in total. The second-order valence-corrected chi connectivity index (χ2v) is 5.59. The first kappa shape index (κ1) is 18.3. The zero-order chi connectivity index (χ0) is 16.2. The maximum atomic E-state index is 9.94. The summed E-state index contributed by atoms with van der Waals surface area (Å²) in [4.78, 5) is 0. The van der Waals surface area contributed by atoms with E-state index in [0.29, 0.717) is 21.8 Å². The molecule has 0 unspecified atom stereocenters. The molecule has 118 valence electrons. The Morgan fingerprint density at radius 1 is 1.43 bits per heavy atom. The molecule has 21 heavy (non-hydrogen) atoms. The van der Waals surface area contributed by atoms with Crippen molar-refractivity contribution in [2.75, 3.05) is 13.2 Å². The first-order valence-corrected chi connectivity index (χ1v) is 7.42. The second-order valence-electron chi connectivity index (χ2n) is 5.19. The van der Waals surface area contributed by atoms with Crippen molar-refractivity contribution in [3.8, 4) is 5.75 Å². The Balaban J connectivity index is 0.00000106. The number of fused-ring (bicyclic) bond motifs is 1. The molecule has 0 amide bonds. The van der Waals surface area contributed by atoms with Crippen LogP contribution in [0.25, 0.3) is 0 Å². The smallest absolute Gasteiger partial charge is 0.491 e. The zero-order valence-electron chi connectivity index (χ0n) is 12.9. The lowest BCUT2D eigenvalue weighted by molar-refractivity contribution is 0.0288. The highest BCUT2D eigenvalue weighted by molar-refractivity contribution is 6.63. The molecule has 1 aromatic carbocycles. The molecule has 1 aliphatic rings. The van der Waals surface area contributed by atoms with Gasteiger partial charge in [0.2, 0.25) is 0 Å². The highest BCUT2D eigenvalue weighted by Crippen LogP contribution is 2.33. The molecule has 4 N–H and O–H groups in total. The van der Waals surface area contributed by atoms with E-state index in [1.54, 1.807) is 26.0 Å². The number of benzene rings is 1. The largest absolute Gasteiger partial charge is 0.495 e. The molecule has 0 bridgehead atoms. The molecule has 7 heteroatoms. The maximum Gasteiger partial charge on any atom is 0.495 e. The minimum Gasteiger partial charge on any atom is -0.491 e. The van der Waals surface area contributed by atoms with Gasteiger partial charge in [0, 0.05) is 22.6 Å². The molecule has 0 aromatic heterocycles. The third-order valence-corrected chi connectivity index (χ3v) is 3.18. The molecule has 1 heterocycles. The summed E-state index contributed by atoms with van der Waals surface area (Å²) in [5, 5.41) is 20.1. The average molecular weight is 316 g/mol. The number of rotatable bonds is 4. The lowest BCUT2D eigenvalue weighted by Gasteiger charge is -2.19. The Hall–Kier alpha value is -0.785. The Bertz CT molecular complexity index is 479. The van der Waals surface area contributed by atoms with Crippen LogP contribution < -0.4 is 15.9 Å². The average Bonchev–Trinajstić information content (AvgIpc) is 2.78. The van der Waals surface area contributed by atoms with E-state index in [9.17, 15) is 10.1 Å². The van der Waals surface area contributed by atoms with E-state index in [1.807, 2.05) is 13.8 Å². The Morgan fingerprint density at radius 3 is 2.57 bits per heavy atom. The molecule has 1 aliphatic heterocycles. The summed E-state index contributed by atoms with van der Waals surface area (Å²) < 4.78 is 10.9. The highest BCUT2D eigenvalue weighted by atomic mass is 35.5. The summed E-state index contributed by atoms with van der Waals surface area (Å²) in [6, 6.07) is 3.32. The first-order chi connectivity index (χ1) is 9.83. The lowest BCUT2D eigenvalue weighted by atomic mass is 9.78. The number of aliphatic hydroxyl groups is 1. The molecular weight excluding hydrogens is 292 g/mol. The first-order valence-electron chi connectivity index (χ1n) is 7.04. The summed E-state index contributed by atoms with van der Waals surface area (Å²) in [5.41, 5.74) is 5.78. The minimum atomic E-state index is -1.11. The van der Waals surface area contributed by atoms with Crippen LogP contribution in [-0.2, 0) is 4.65 Å². The number of halogens is 1. The number of nitrogens with two attached hydrogens (primary N) is 1. The van der Waals surface area contributed by atoms with Crippen LogP contribution in [0.3, 0.4) is 0 Å². The van der Waals surface area contributed by atoms with E-state index < -0.39 is 18.8 Å². The van der Waals surface area contributed by atoms with E-state index in [0.717, 1.165) is 0 Å². The fourth-order valence-electron chi connectivity index (χ4n) is 2.02. The van der Waals surface area contributed by atoms with E-state index in [2.05, 4.69) is 0 Å². The van der Waals surface area contributed by atoms with Gasteiger partial charge in [-0.15, -0.1) is 0 Å². The van der Waals surface area contributed by atoms with Crippen molar-refractivity contribution in [1.82, 2.24) is 0 Å². The number of ether oxygens (including phenoxy) is 1. The summed E-state index contributed by atoms with van der Waals surface area (Å²) in [5.74, 6) is 0.449. The number of hydrogen-bond acceptors (Lipinski definition) is 5. The van der Waals surface area contributed by atoms with Crippen LogP contribution in [0.2, 0.25) is 5.02 Å². The van der Waals surface area contributed by atoms with Gasteiger partial charge in [-0.05, 0) is 26.0 Å². The van der Waals surface area contributed by atoms with Crippen molar-refractivity contribution >= 4 is 24.2 Å². The monoisotopic (exact) mass is 315 g/mol. The van der Waals surface area contributed by atoms with Crippen LogP contribution in [-0.4, -0.2) is 36.0 Å². The van der Waals surface area contributed by atoms with Crippen molar-refractivity contribution < 1.29 is 19.5 Å². The molecule has 0 spiro atoms. The standard InChI is InChI=1S/C12H17BClNO4.C2H6/c1-12(2,16)6-18-8-4-3-7(14)10-9(5-15)19-13(17)11(8)10;1-2/h3-4,9,16-17H,5-6,15H2,1-2H3;1-2H3/t9-;/m1./s1. The van der Waals surface area contributed by atoms with Gasteiger partial charge in [0.25, 0.3) is 0 Å².